The van der Waals surface area contributed by atoms with E-state index >= 15 is 0 Å². The molecule has 1 unspecified atom stereocenters. The summed E-state index contributed by atoms with van der Waals surface area (Å²) in [6.07, 6.45) is 1.13. The number of nitrogens with one attached hydrogen (secondary N) is 1. The number of aryl methyl sites for hydroxylation is 1. The zero-order chi connectivity index (χ0) is 19.5. The van der Waals surface area contributed by atoms with Gasteiger partial charge in [0.2, 0.25) is 10.0 Å². The SMILES string of the molecule is COc1ccccc1C(C)NC(=O)c1ccc(C)c(N(C)S(C)(=O)=O)c1. The average Bonchev–Trinajstić information content (AvgIpc) is 2.60. The summed E-state index contributed by atoms with van der Waals surface area (Å²) in [6.45, 7) is 3.67. The van der Waals surface area contributed by atoms with Gasteiger partial charge in [0.15, 0.2) is 0 Å². The van der Waals surface area contributed by atoms with Crippen LogP contribution >= 0.6 is 0 Å². The summed E-state index contributed by atoms with van der Waals surface area (Å²) in [5, 5.41) is 2.92. The van der Waals surface area contributed by atoms with Crippen molar-refractivity contribution >= 4 is 21.6 Å². The van der Waals surface area contributed by atoms with E-state index in [0.717, 1.165) is 17.4 Å². The van der Waals surface area contributed by atoms with Crippen LogP contribution < -0.4 is 14.4 Å². The molecule has 0 bridgehead atoms. The minimum atomic E-state index is -3.41. The van der Waals surface area contributed by atoms with Crippen molar-refractivity contribution in [2.24, 2.45) is 0 Å². The summed E-state index contributed by atoms with van der Waals surface area (Å²) in [7, 11) is -0.358. The van der Waals surface area contributed by atoms with Crippen molar-refractivity contribution in [1.82, 2.24) is 5.32 Å². The molecule has 140 valence electrons. The Morgan fingerprint density at radius 2 is 1.85 bits per heavy atom. The van der Waals surface area contributed by atoms with Crippen molar-refractivity contribution in [1.29, 1.82) is 0 Å². The standard InChI is InChI=1S/C19H24N2O4S/c1-13-10-11-15(12-17(13)21(3)26(5,23)24)19(22)20-14(2)16-8-6-7-9-18(16)25-4/h6-12,14H,1-5H3,(H,20,22). The van der Waals surface area contributed by atoms with Crippen LogP contribution in [0.2, 0.25) is 0 Å². The van der Waals surface area contributed by atoms with E-state index in [9.17, 15) is 13.2 Å². The Balaban J connectivity index is 2.27. The number of nitrogens with zero attached hydrogens (tertiary/aromatic N) is 1. The Hall–Kier alpha value is -2.54. The number of ether oxygens (including phenoxy) is 1. The molecule has 0 fully saturated rings. The minimum absolute atomic E-state index is 0.268. The van der Waals surface area contributed by atoms with Gasteiger partial charge in [0.05, 0.1) is 25.1 Å². The molecule has 6 nitrogen and oxygen atoms in total. The number of sulfonamides is 1. The summed E-state index contributed by atoms with van der Waals surface area (Å²) in [5.41, 5.74) is 2.50. The Morgan fingerprint density at radius 1 is 1.19 bits per heavy atom. The van der Waals surface area contributed by atoms with Crippen LogP contribution in [0.3, 0.4) is 0 Å². The smallest absolute Gasteiger partial charge is 0.251 e. The third-order valence-electron chi connectivity index (χ3n) is 4.26. The number of carbonyl (C=O) groups is 1. The molecule has 2 aromatic rings. The van der Waals surface area contributed by atoms with Gasteiger partial charge in [0, 0.05) is 18.2 Å². The molecule has 0 spiro atoms. The second-order valence-electron chi connectivity index (χ2n) is 6.17. The van der Waals surface area contributed by atoms with Gasteiger partial charge < -0.3 is 10.1 Å². The van der Waals surface area contributed by atoms with Crippen molar-refractivity contribution in [3.8, 4) is 5.75 Å². The minimum Gasteiger partial charge on any atom is -0.496 e. The van der Waals surface area contributed by atoms with E-state index in [4.69, 9.17) is 4.74 Å². The third kappa shape index (κ3) is 4.35. The number of para-hydroxylation sites is 1. The fourth-order valence-corrected chi connectivity index (χ4v) is 3.20. The molecule has 0 aromatic heterocycles. The highest BCUT2D eigenvalue weighted by Crippen LogP contribution is 2.26. The number of methoxy groups -OCH3 is 1. The quantitative estimate of drug-likeness (QED) is 0.841. The van der Waals surface area contributed by atoms with Crippen molar-refractivity contribution in [2.45, 2.75) is 19.9 Å². The first kappa shape index (κ1) is 19.8. The van der Waals surface area contributed by atoms with Gasteiger partial charge in [-0.2, -0.15) is 0 Å². The molecule has 2 rings (SSSR count). The third-order valence-corrected chi connectivity index (χ3v) is 5.45. The number of hydrogen-bond donors (Lipinski definition) is 1. The second-order valence-corrected chi connectivity index (χ2v) is 8.18. The monoisotopic (exact) mass is 376 g/mol. The highest BCUT2D eigenvalue weighted by Gasteiger charge is 2.18. The summed E-state index contributed by atoms with van der Waals surface area (Å²) in [6, 6.07) is 12.2. The number of rotatable bonds is 6. The number of carbonyl (C=O) groups excluding carboxylic acids is 1. The van der Waals surface area contributed by atoms with Crippen LogP contribution in [0, 0.1) is 6.92 Å². The molecule has 0 saturated carbocycles. The molecular formula is C19H24N2O4S. The van der Waals surface area contributed by atoms with Crippen LogP contribution in [-0.4, -0.2) is 34.7 Å². The van der Waals surface area contributed by atoms with E-state index in [1.165, 1.54) is 11.4 Å². The van der Waals surface area contributed by atoms with E-state index < -0.39 is 10.0 Å². The molecule has 0 aliphatic heterocycles. The molecule has 1 N–H and O–H groups in total. The van der Waals surface area contributed by atoms with Gasteiger partial charge in [-0.1, -0.05) is 24.3 Å². The van der Waals surface area contributed by atoms with Crippen LogP contribution in [-0.2, 0) is 10.0 Å². The van der Waals surface area contributed by atoms with Gasteiger partial charge in [0.1, 0.15) is 5.75 Å². The summed E-state index contributed by atoms with van der Waals surface area (Å²) in [4.78, 5) is 12.6. The van der Waals surface area contributed by atoms with Gasteiger partial charge in [-0.3, -0.25) is 9.10 Å². The van der Waals surface area contributed by atoms with Crippen molar-refractivity contribution in [3.05, 3.63) is 59.2 Å². The molecule has 1 atom stereocenters. The van der Waals surface area contributed by atoms with Gasteiger partial charge >= 0.3 is 0 Å². The molecule has 0 saturated heterocycles. The lowest BCUT2D eigenvalue weighted by Gasteiger charge is -2.21. The average molecular weight is 376 g/mol. The van der Waals surface area contributed by atoms with Gasteiger partial charge in [-0.25, -0.2) is 8.42 Å². The summed E-state index contributed by atoms with van der Waals surface area (Å²) < 4.78 is 30.1. The number of hydrogen-bond acceptors (Lipinski definition) is 4. The Kier molecular flexibility index (Phi) is 5.92. The zero-order valence-electron chi connectivity index (χ0n) is 15.6. The Bertz CT molecular complexity index is 910. The highest BCUT2D eigenvalue weighted by molar-refractivity contribution is 7.92. The van der Waals surface area contributed by atoms with Crippen molar-refractivity contribution in [2.75, 3.05) is 24.7 Å². The largest absolute Gasteiger partial charge is 0.496 e. The van der Waals surface area contributed by atoms with E-state index in [-0.39, 0.29) is 11.9 Å². The van der Waals surface area contributed by atoms with E-state index in [1.54, 1.807) is 32.2 Å². The Labute approximate surface area is 154 Å². The molecule has 0 aliphatic rings. The normalized spacial score (nSPS) is 12.3. The first-order chi connectivity index (χ1) is 12.1. The van der Waals surface area contributed by atoms with Gasteiger partial charge in [-0.15, -0.1) is 0 Å². The maximum Gasteiger partial charge on any atom is 0.251 e. The molecule has 0 radical (unpaired) electrons. The summed E-state index contributed by atoms with van der Waals surface area (Å²) in [5.74, 6) is 0.410. The number of anilines is 1. The lowest BCUT2D eigenvalue weighted by molar-refractivity contribution is 0.0939. The Morgan fingerprint density at radius 3 is 2.46 bits per heavy atom. The second kappa shape index (κ2) is 7.78. The predicted molar refractivity (Wildman–Crippen MR) is 103 cm³/mol. The molecule has 1 amide bonds. The molecule has 0 heterocycles. The number of amides is 1. The zero-order valence-corrected chi connectivity index (χ0v) is 16.4. The molecule has 26 heavy (non-hydrogen) atoms. The van der Waals surface area contributed by atoms with Gasteiger partial charge in [0.25, 0.3) is 5.91 Å². The van der Waals surface area contributed by atoms with Crippen LogP contribution in [0.15, 0.2) is 42.5 Å². The maximum absolute atomic E-state index is 12.6. The maximum atomic E-state index is 12.6. The fraction of sp³-hybridized carbons (Fsp3) is 0.316. The molecular weight excluding hydrogens is 352 g/mol. The lowest BCUT2D eigenvalue weighted by atomic mass is 10.1. The van der Waals surface area contributed by atoms with Gasteiger partial charge in [-0.05, 0) is 37.6 Å². The number of benzene rings is 2. The van der Waals surface area contributed by atoms with Crippen LogP contribution in [0.25, 0.3) is 0 Å². The van der Waals surface area contributed by atoms with Crippen molar-refractivity contribution in [3.63, 3.8) is 0 Å². The molecule has 0 aliphatic carbocycles. The fourth-order valence-electron chi connectivity index (χ4n) is 2.65. The van der Waals surface area contributed by atoms with E-state index in [0.29, 0.717) is 17.0 Å². The van der Waals surface area contributed by atoms with E-state index in [1.807, 2.05) is 31.2 Å². The molecule has 2 aromatic carbocycles. The summed E-state index contributed by atoms with van der Waals surface area (Å²) >= 11 is 0. The highest BCUT2D eigenvalue weighted by atomic mass is 32.2. The first-order valence-corrected chi connectivity index (χ1v) is 9.98. The topological polar surface area (TPSA) is 75.7 Å². The van der Waals surface area contributed by atoms with Crippen molar-refractivity contribution < 1.29 is 17.9 Å². The first-order valence-electron chi connectivity index (χ1n) is 8.13. The lowest BCUT2D eigenvalue weighted by Crippen LogP contribution is -2.28. The van der Waals surface area contributed by atoms with Crippen LogP contribution in [0.4, 0.5) is 5.69 Å². The molecule has 7 heteroatoms. The van der Waals surface area contributed by atoms with E-state index in [2.05, 4.69) is 5.32 Å². The predicted octanol–water partition coefficient (Wildman–Crippen LogP) is 2.89. The van der Waals surface area contributed by atoms with Crippen LogP contribution in [0.5, 0.6) is 5.75 Å². The van der Waals surface area contributed by atoms with Crippen LogP contribution in [0.1, 0.15) is 34.5 Å².